The van der Waals surface area contributed by atoms with E-state index in [0.717, 1.165) is 19.1 Å². The molecule has 2 heterocycles. The molecule has 0 aliphatic carbocycles. The molecule has 2 fully saturated rings. The minimum atomic E-state index is 0.142. The average molecular weight is 201 g/mol. The van der Waals surface area contributed by atoms with Gasteiger partial charge in [0.1, 0.15) is 0 Å². The predicted molar refractivity (Wildman–Crippen MR) is 57.0 cm³/mol. The van der Waals surface area contributed by atoms with Crippen LogP contribution in [0.25, 0.3) is 0 Å². The number of nitrogens with two attached hydrogens (primary N) is 1. The zero-order valence-electron chi connectivity index (χ0n) is 8.13. The second-order valence-electron chi connectivity index (χ2n) is 4.41. The fraction of sp³-hybridized carbons (Fsp3) is 1.00. The number of ether oxygens (including phenoxy) is 1. The van der Waals surface area contributed by atoms with E-state index in [0.29, 0.717) is 0 Å². The summed E-state index contributed by atoms with van der Waals surface area (Å²) < 4.78 is 5.38. The van der Waals surface area contributed by atoms with E-state index in [4.69, 9.17) is 10.5 Å². The summed E-state index contributed by atoms with van der Waals surface area (Å²) in [6.45, 7) is 1.90. The number of rotatable bonds is 2. The fourth-order valence-electron chi connectivity index (χ4n) is 2.30. The third-order valence-corrected chi connectivity index (χ3v) is 4.19. The summed E-state index contributed by atoms with van der Waals surface area (Å²) in [6.07, 6.45) is 4.82. The molecule has 13 heavy (non-hydrogen) atoms. The normalized spacial score (nSPS) is 33.5. The van der Waals surface area contributed by atoms with E-state index in [1.165, 1.54) is 37.2 Å². The Bertz CT molecular complexity index is 162. The summed E-state index contributed by atoms with van der Waals surface area (Å²) in [4.78, 5) is 0. The molecular weight excluding hydrogens is 182 g/mol. The van der Waals surface area contributed by atoms with Crippen molar-refractivity contribution >= 4 is 11.8 Å². The highest BCUT2D eigenvalue weighted by Gasteiger charge is 2.31. The molecule has 0 radical (unpaired) electrons. The molecule has 2 aliphatic rings. The molecular formula is C10H19NOS. The Balaban J connectivity index is 1.83. The smallest absolute Gasteiger partial charge is 0.0495 e. The van der Waals surface area contributed by atoms with Gasteiger partial charge in [0.25, 0.3) is 0 Å². The SMILES string of the molecule is NC1(CC2CCOC2)CCSCC1. The predicted octanol–water partition coefficient (Wildman–Crippen LogP) is 1.64. The third kappa shape index (κ3) is 2.61. The lowest BCUT2D eigenvalue weighted by Crippen LogP contribution is -2.44. The Morgan fingerprint density at radius 1 is 1.38 bits per heavy atom. The van der Waals surface area contributed by atoms with Gasteiger partial charge in [-0.2, -0.15) is 11.8 Å². The lowest BCUT2D eigenvalue weighted by Gasteiger charge is -2.35. The largest absolute Gasteiger partial charge is 0.381 e. The Hall–Kier alpha value is 0.270. The van der Waals surface area contributed by atoms with Crippen LogP contribution in [0.15, 0.2) is 0 Å². The molecule has 1 unspecified atom stereocenters. The van der Waals surface area contributed by atoms with Crippen molar-refractivity contribution in [3.05, 3.63) is 0 Å². The van der Waals surface area contributed by atoms with Crippen molar-refractivity contribution in [3.63, 3.8) is 0 Å². The molecule has 2 N–H and O–H groups in total. The first-order chi connectivity index (χ1) is 6.29. The maximum atomic E-state index is 6.37. The quantitative estimate of drug-likeness (QED) is 0.737. The van der Waals surface area contributed by atoms with E-state index in [-0.39, 0.29) is 5.54 Å². The molecule has 2 rings (SSSR count). The van der Waals surface area contributed by atoms with Crippen molar-refractivity contribution in [2.75, 3.05) is 24.7 Å². The van der Waals surface area contributed by atoms with Gasteiger partial charge in [0, 0.05) is 18.8 Å². The van der Waals surface area contributed by atoms with Gasteiger partial charge in [-0.05, 0) is 43.1 Å². The number of hydrogen-bond acceptors (Lipinski definition) is 3. The van der Waals surface area contributed by atoms with Crippen LogP contribution < -0.4 is 5.73 Å². The van der Waals surface area contributed by atoms with Crippen LogP contribution in [0, 0.1) is 5.92 Å². The van der Waals surface area contributed by atoms with Crippen LogP contribution in [0.3, 0.4) is 0 Å². The van der Waals surface area contributed by atoms with Crippen molar-refractivity contribution in [2.45, 2.75) is 31.2 Å². The van der Waals surface area contributed by atoms with Crippen molar-refractivity contribution in [1.29, 1.82) is 0 Å². The standard InChI is InChI=1S/C10H19NOS/c11-10(2-5-13-6-3-10)7-9-1-4-12-8-9/h9H,1-8,11H2. The van der Waals surface area contributed by atoms with Crippen LogP contribution in [0.2, 0.25) is 0 Å². The molecule has 0 saturated carbocycles. The molecule has 76 valence electrons. The van der Waals surface area contributed by atoms with E-state index in [1.807, 2.05) is 11.8 Å². The lowest BCUT2D eigenvalue weighted by atomic mass is 9.83. The first-order valence-corrected chi connectivity index (χ1v) is 6.38. The van der Waals surface area contributed by atoms with Crippen LogP contribution >= 0.6 is 11.8 Å². The van der Waals surface area contributed by atoms with Crippen LogP contribution in [0.5, 0.6) is 0 Å². The Morgan fingerprint density at radius 2 is 2.15 bits per heavy atom. The third-order valence-electron chi connectivity index (χ3n) is 3.21. The highest BCUT2D eigenvalue weighted by molar-refractivity contribution is 7.99. The van der Waals surface area contributed by atoms with Crippen LogP contribution in [0.1, 0.15) is 25.7 Å². The molecule has 2 aliphatic heterocycles. The Kier molecular flexibility index (Phi) is 3.17. The molecule has 0 aromatic heterocycles. The molecule has 3 heteroatoms. The molecule has 0 amide bonds. The zero-order chi connectivity index (χ0) is 9.15. The van der Waals surface area contributed by atoms with Gasteiger partial charge in [0.15, 0.2) is 0 Å². The molecule has 0 aromatic carbocycles. The monoisotopic (exact) mass is 201 g/mol. The first-order valence-electron chi connectivity index (χ1n) is 5.23. The van der Waals surface area contributed by atoms with Gasteiger partial charge in [-0.15, -0.1) is 0 Å². The zero-order valence-corrected chi connectivity index (χ0v) is 8.94. The summed E-state index contributed by atoms with van der Waals surface area (Å²) in [5, 5.41) is 0. The average Bonchev–Trinajstić information content (AvgIpc) is 2.57. The molecule has 1 atom stereocenters. The van der Waals surface area contributed by atoms with Gasteiger partial charge >= 0.3 is 0 Å². The fourth-order valence-corrected chi connectivity index (χ4v) is 3.61. The summed E-state index contributed by atoms with van der Waals surface area (Å²) in [5.74, 6) is 3.25. The van der Waals surface area contributed by atoms with Gasteiger partial charge in [-0.1, -0.05) is 0 Å². The molecule has 0 spiro atoms. The van der Waals surface area contributed by atoms with Gasteiger partial charge in [-0.3, -0.25) is 0 Å². The van der Waals surface area contributed by atoms with Crippen molar-refractivity contribution in [1.82, 2.24) is 0 Å². The number of thioether (sulfide) groups is 1. The second kappa shape index (κ2) is 4.20. The van der Waals surface area contributed by atoms with Gasteiger partial charge in [0.2, 0.25) is 0 Å². The topological polar surface area (TPSA) is 35.2 Å². The molecule has 2 saturated heterocycles. The van der Waals surface area contributed by atoms with Crippen LogP contribution in [0.4, 0.5) is 0 Å². The molecule has 0 aromatic rings. The summed E-state index contributed by atoms with van der Waals surface area (Å²) in [6, 6.07) is 0. The Morgan fingerprint density at radius 3 is 2.77 bits per heavy atom. The molecule has 0 bridgehead atoms. The summed E-state index contributed by atoms with van der Waals surface area (Å²) >= 11 is 2.04. The van der Waals surface area contributed by atoms with E-state index in [2.05, 4.69) is 0 Å². The minimum Gasteiger partial charge on any atom is -0.381 e. The second-order valence-corrected chi connectivity index (χ2v) is 5.63. The first kappa shape index (κ1) is 9.81. The maximum absolute atomic E-state index is 6.37. The maximum Gasteiger partial charge on any atom is 0.0495 e. The van der Waals surface area contributed by atoms with Gasteiger partial charge in [-0.25, -0.2) is 0 Å². The summed E-state index contributed by atoms with van der Waals surface area (Å²) in [5.41, 5.74) is 6.51. The molecule has 2 nitrogen and oxygen atoms in total. The van der Waals surface area contributed by atoms with E-state index in [9.17, 15) is 0 Å². The lowest BCUT2D eigenvalue weighted by molar-refractivity contribution is 0.175. The van der Waals surface area contributed by atoms with Crippen molar-refractivity contribution in [2.24, 2.45) is 11.7 Å². The Labute approximate surface area is 84.6 Å². The van der Waals surface area contributed by atoms with Crippen molar-refractivity contribution < 1.29 is 4.74 Å². The highest BCUT2D eigenvalue weighted by atomic mass is 32.2. The van der Waals surface area contributed by atoms with E-state index >= 15 is 0 Å². The van der Waals surface area contributed by atoms with Crippen LogP contribution in [-0.4, -0.2) is 30.3 Å². The van der Waals surface area contributed by atoms with Crippen molar-refractivity contribution in [3.8, 4) is 0 Å². The van der Waals surface area contributed by atoms with E-state index in [1.54, 1.807) is 0 Å². The number of hydrogen-bond donors (Lipinski definition) is 1. The van der Waals surface area contributed by atoms with Gasteiger partial charge in [0.05, 0.1) is 0 Å². The summed E-state index contributed by atoms with van der Waals surface area (Å²) in [7, 11) is 0. The highest BCUT2D eigenvalue weighted by Crippen LogP contribution is 2.32. The minimum absolute atomic E-state index is 0.142. The van der Waals surface area contributed by atoms with Crippen LogP contribution in [-0.2, 0) is 4.74 Å². The van der Waals surface area contributed by atoms with E-state index < -0.39 is 0 Å². The van der Waals surface area contributed by atoms with Gasteiger partial charge < -0.3 is 10.5 Å².